The maximum Gasteiger partial charge on any atom is 0.158 e. The number of aromatic nitrogens is 4. The fourth-order valence-corrected chi connectivity index (χ4v) is 3.88. The monoisotopic (exact) mass is 493 g/mol. The fraction of sp³-hybridized carbons (Fsp3) is 0.333. The van der Waals surface area contributed by atoms with Gasteiger partial charge in [-0.15, -0.1) is 0 Å². The van der Waals surface area contributed by atoms with Gasteiger partial charge < -0.3 is 10.7 Å². The summed E-state index contributed by atoms with van der Waals surface area (Å²) in [7, 11) is 1.55. The molecule has 7 nitrogen and oxygen atoms in total. The first-order valence-corrected chi connectivity index (χ1v) is 12.1. The van der Waals surface area contributed by atoms with Crippen molar-refractivity contribution in [1.29, 1.82) is 0 Å². The van der Waals surface area contributed by atoms with Crippen molar-refractivity contribution in [2.45, 2.75) is 6.54 Å². The number of anilines is 1. The van der Waals surface area contributed by atoms with Crippen LogP contribution in [0.15, 0.2) is 24.4 Å². The summed E-state index contributed by atoms with van der Waals surface area (Å²) in [6.45, 7) is 6.07. The van der Waals surface area contributed by atoms with E-state index in [1.165, 1.54) is 5.56 Å². The van der Waals surface area contributed by atoms with E-state index in [1.54, 1.807) is 15.1 Å². The number of rotatable bonds is 4. The van der Waals surface area contributed by atoms with Crippen LogP contribution in [0, 0.1) is 11.2 Å². The highest BCUT2D eigenvalue weighted by Gasteiger charge is 2.17. The minimum absolute atomic E-state index is 0.592. The van der Waals surface area contributed by atoms with Crippen molar-refractivity contribution < 1.29 is 0 Å². The molecule has 0 radical (unpaired) electrons. The molecule has 0 amide bonds. The fourth-order valence-electron chi connectivity index (χ4n) is 3.29. The van der Waals surface area contributed by atoms with Crippen molar-refractivity contribution in [2.75, 3.05) is 38.5 Å². The molecule has 27 heavy (non-hydrogen) atoms. The Kier molecular flexibility index (Phi) is 5.87. The predicted octanol–water partition coefficient (Wildman–Crippen LogP) is 2.70. The van der Waals surface area contributed by atoms with E-state index < -0.39 is 0 Å². The van der Waals surface area contributed by atoms with Gasteiger partial charge in [0.2, 0.25) is 0 Å². The van der Waals surface area contributed by atoms with E-state index in [1.807, 2.05) is 0 Å². The summed E-state index contributed by atoms with van der Waals surface area (Å²) in [5.74, 6) is 3.91. The van der Waals surface area contributed by atoms with Crippen LogP contribution in [0.25, 0.3) is 22.6 Å². The maximum atomic E-state index is 5.92. The zero-order chi connectivity index (χ0) is 18.6. The Balaban J connectivity index is 1.41. The molecule has 2 aromatic heterocycles. The second-order valence-corrected chi connectivity index (χ2v) is 8.23. The lowest BCUT2D eigenvalue weighted by Gasteiger charge is -2.33. The lowest BCUT2D eigenvalue weighted by Crippen LogP contribution is -2.45. The van der Waals surface area contributed by atoms with Gasteiger partial charge in [0, 0.05) is 53.9 Å². The van der Waals surface area contributed by atoms with E-state index in [-0.39, 0.29) is 0 Å². The van der Waals surface area contributed by atoms with Gasteiger partial charge in [-0.1, -0.05) is 12.0 Å². The molecule has 3 heterocycles. The largest absolute Gasteiger partial charge is 0.396 e. The number of nitrogens with one attached hydrogen (secondary N) is 2. The Labute approximate surface area is 174 Å². The van der Waals surface area contributed by atoms with Gasteiger partial charge in [0.1, 0.15) is 5.69 Å². The minimum Gasteiger partial charge on any atom is -0.396 e. The molecule has 1 aliphatic rings. The van der Waals surface area contributed by atoms with Crippen molar-refractivity contribution in [3.63, 3.8) is 0 Å². The number of nitrogen functional groups attached to an aromatic ring is 1. The zero-order valence-electron chi connectivity index (χ0n) is 14.7. The molecule has 0 saturated carbocycles. The van der Waals surface area contributed by atoms with Crippen molar-refractivity contribution >= 4 is 46.9 Å². The van der Waals surface area contributed by atoms with Crippen LogP contribution < -0.4 is 5.73 Å². The van der Waals surface area contributed by atoms with Crippen LogP contribution in [0.3, 0.4) is 0 Å². The van der Waals surface area contributed by atoms with Gasteiger partial charge in [0.05, 0.1) is 29.5 Å². The average Bonchev–Trinajstić information content (AvgIpc) is 3.28. The van der Waals surface area contributed by atoms with Crippen molar-refractivity contribution in [3.8, 4) is 22.7 Å². The van der Waals surface area contributed by atoms with Crippen LogP contribution >= 0.6 is 30.1 Å². The molecular formula is C18H20IN7S. The summed E-state index contributed by atoms with van der Waals surface area (Å²) in [5.41, 5.74) is 10.5. The summed E-state index contributed by atoms with van der Waals surface area (Å²) in [4.78, 5) is 12.9. The van der Waals surface area contributed by atoms with Gasteiger partial charge >= 0.3 is 0 Å². The lowest BCUT2D eigenvalue weighted by atomic mass is 10.1. The highest BCUT2D eigenvalue weighted by Crippen LogP contribution is 2.24. The van der Waals surface area contributed by atoms with Crippen molar-refractivity contribution in [3.05, 3.63) is 30.0 Å². The summed E-state index contributed by atoms with van der Waals surface area (Å²) in [6.07, 6.45) is 1.60. The molecule has 0 aliphatic carbocycles. The normalized spacial score (nSPS) is 15.7. The van der Waals surface area contributed by atoms with Crippen LogP contribution in [0.4, 0.5) is 5.69 Å². The molecule has 4 rings (SSSR count). The first-order chi connectivity index (χ1) is 13.2. The molecule has 1 fully saturated rings. The van der Waals surface area contributed by atoms with Crippen LogP contribution in [0.1, 0.15) is 5.56 Å². The Hall–Kier alpha value is -1.74. The van der Waals surface area contributed by atoms with Gasteiger partial charge in [-0.2, -0.15) is 5.10 Å². The zero-order valence-corrected chi connectivity index (χ0v) is 17.7. The first kappa shape index (κ1) is 18.6. The second kappa shape index (κ2) is 8.52. The molecule has 0 bridgehead atoms. The predicted molar refractivity (Wildman–Crippen MR) is 119 cm³/mol. The van der Waals surface area contributed by atoms with Gasteiger partial charge in [0.25, 0.3) is 0 Å². The van der Waals surface area contributed by atoms with E-state index in [4.69, 9.17) is 5.73 Å². The third kappa shape index (κ3) is 4.40. The Morgan fingerprint density at radius 1 is 1.22 bits per heavy atom. The molecular weight excluding hydrogens is 473 g/mol. The number of piperazine rings is 1. The number of hydrogen-bond donors (Lipinski definition) is 3. The molecule has 9 heteroatoms. The van der Waals surface area contributed by atoms with Gasteiger partial charge in [-0.25, -0.2) is 4.98 Å². The molecule has 1 aromatic carbocycles. The Morgan fingerprint density at radius 3 is 2.78 bits per heavy atom. The number of halogens is 1. The maximum absolute atomic E-state index is 5.92. The molecule has 1 aliphatic heterocycles. The van der Waals surface area contributed by atoms with Crippen LogP contribution in [-0.4, -0.2) is 62.7 Å². The van der Waals surface area contributed by atoms with Crippen LogP contribution in [0.2, 0.25) is 0 Å². The van der Waals surface area contributed by atoms with E-state index >= 15 is 0 Å². The number of H-pyrrole nitrogens is 2. The second-order valence-electron chi connectivity index (χ2n) is 6.55. The summed E-state index contributed by atoms with van der Waals surface area (Å²) < 4.78 is 0. The molecule has 3 aromatic rings. The summed E-state index contributed by atoms with van der Waals surface area (Å²) >= 11 is 2.21. The van der Waals surface area contributed by atoms with Crippen molar-refractivity contribution in [2.24, 2.45) is 0 Å². The molecule has 4 N–H and O–H groups in total. The molecule has 0 spiro atoms. The molecule has 0 atom stereocenters. The lowest BCUT2D eigenvalue weighted by molar-refractivity contribution is 0.138. The quantitative estimate of drug-likeness (QED) is 0.383. The number of benzene rings is 1. The van der Waals surface area contributed by atoms with Gasteiger partial charge in [-0.3, -0.25) is 14.9 Å². The molecule has 1 saturated heterocycles. The third-order valence-electron chi connectivity index (χ3n) is 4.74. The van der Waals surface area contributed by atoms with E-state index in [0.717, 1.165) is 61.8 Å². The van der Waals surface area contributed by atoms with E-state index in [0.29, 0.717) is 5.69 Å². The third-order valence-corrected chi connectivity index (χ3v) is 5.62. The van der Waals surface area contributed by atoms with Gasteiger partial charge in [-0.05, 0) is 31.9 Å². The number of imidazole rings is 1. The minimum atomic E-state index is 0.592. The Morgan fingerprint density at radius 2 is 2.04 bits per heavy atom. The molecule has 0 unspecified atom stereocenters. The first-order valence-electron chi connectivity index (χ1n) is 8.71. The van der Waals surface area contributed by atoms with Crippen LogP contribution in [0.5, 0.6) is 0 Å². The topological polar surface area (TPSA) is 89.9 Å². The number of fused-ring (bicyclic) bond motifs is 1. The van der Waals surface area contributed by atoms with Gasteiger partial charge in [0.15, 0.2) is 5.82 Å². The highest BCUT2D eigenvalue weighted by molar-refractivity contribution is 14.2. The Bertz CT molecular complexity index is 978. The smallest absolute Gasteiger partial charge is 0.158 e. The summed E-state index contributed by atoms with van der Waals surface area (Å²) in [5, 5.41) is 9.91. The number of nitrogens with two attached hydrogens (primary N) is 1. The van der Waals surface area contributed by atoms with Crippen LogP contribution in [-0.2, 0) is 6.54 Å². The number of nitrogens with zero attached hydrogens (tertiary/aromatic N) is 4. The molecule has 140 valence electrons. The average molecular weight is 493 g/mol. The SMILES string of the molecule is Nc1cn[nH]c1-c1nc2ccc(CN3CCN(CC#CSI)CC3)cc2[nH]1. The standard InChI is InChI=1S/C18H20IN7S/c19-27-9-1-4-25-5-7-26(8-6-25)12-13-2-3-15-16(10-13)23-18(22-15)17-14(20)11-21-24-17/h2-3,10-11H,4-8,12,20H2,(H,21,24)(H,22,23). The van der Waals surface area contributed by atoms with E-state index in [9.17, 15) is 0 Å². The number of aromatic amines is 2. The summed E-state index contributed by atoms with van der Waals surface area (Å²) in [6, 6.07) is 6.39. The van der Waals surface area contributed by atoms with Crippen molar-refractivity contribution in [1.82, 2.24) is 30.0 Å². The highest BCUT2D eigenvalue weighted by atomic mass is 127. The van der Waals surface area contributed by atoms with E-state index in [2.05, 4.69) is 80.5 Å². The number of hydrogen-bond acceptors (Lipinski definition) is 6.